The Balaban J connectivity index is 4.22. The van der Waals surface area contributed by atoms with Crippen LogP contribution in [0.5, 0.6) is 0 Å². The standard InChI is InChI=1S/C13H24N4O6/c1-6(10(18)17-7(2)12(20)21)16-11(19)8(14)4-3-5-9(15)13(22)23/h6-9H,3-5,14-15H2,1-2H3,(H,16,19)(H,17,18)(H,20,21)(H,22,23)/t6-,7-,8+,9-/m1/s1. The molecule has 0 aliphatic carbocycles. The molecule has 0 aliphatic heterocycles. The van der Waals surface area contributed by atoms with Crippen LogP contribution in [-0.2, 0) is 19.2 Å². The van der Waals surface area contributed by atoms with Crippen LogP contribution in [0.25, 0.3) is 0 Å². The fourth-order valence-corrected chi connectivity index (χ4v) is 1.60. The van der Waals surface area contributed by atoms with Crippen molar-refractivity contribution < 1.29 is 29.4 Å². The van der Waals surface area contributed by atoms with Crippen LogP contribution in [-0.4, -0.2) is 58.1 Å². The Morgan fingerprint density at radius 2 is 1.30 bits per heavy atom. The normalized spacial score (nSPS) is 15.8. The fraction of sp³-hybridized carbons (Fsp3) is 0.692. The molecule has 0 bridgehead atoms. The molecule has 0 fully saturated rings. The SMILES string of the molecule is C[C@@H](NC(=O)[C@@H](C)NC(=O)[C@@H](N)CCC[C@@H](N)C(=O)O)C(=O)O. The lowest BCUT2D eigenvalue weighted by Gasteiger charge is -2.18. The van der Waals surface area contributed by atoms with E-state index in [1.165, 1.54) is 13.8 Å². The van der Waals surface area contributed by atoms with Gasteiger partial charge in [0.25, 0.3) is 0 Å². The molecule has 0 aromatic rings. The maximum Gasteiger partial charge on any atom is 0.325 e. The number of nitrogens with one attached hydrogen (secondary N) is 2. The van der Waals surface area contributed by atoms with E-state index in [2.05, 4.69) is 10.6 Å². The molecule has 0 heterocycles. The van der Waals surface area contributed by atoms with Crippen molar-refractivity contribution in [2.75, 3.05) is 0 Å². The third kappa shape index (κ3) is 8.12. The minimum Gasteiger partial charge on any atom is -0.480 e. The summed E-state index contributed by atoms with van der Waals surface area (Å²) in [4.78, 5) is 44.7. The van der Waals surface area contributed by atoms with Crippen LogP contribution in [0.4, 0.5) is 0 Å². The van der Waals surface area contributed by atoms with Crippen LogP contribution in [0.3, 0.4) is 0 Å². The zero-order valence-electron chi connectivity index (χ0n) is 13.1. The molecule has 10 heteroatoms. The number of carboxylic acid groups (broad SMARTS) is 2. The first-order valence-electron chi connectivity index (χ1n) is 7.13. The van der Waals surface area contributed by atoms with Gasteiger partial charge in [-0.25, -0.2) is 0 Å². The van der Waals surface area contributed by atoms with Crippen molar-refractivity contribution in [2.45, 2.75) is 57.3 Å². The molecule has 0 saturated heterocycles. The highest BCUT2D eigenvalue weighted by atomic mass is 16.4. The van der Waals surface area contributed by atoms with Gasteiger partial charge in [0.2, 0.25) is 11.8 Å². The lowest BCUT2D eigenvalue weighted by Crippen LogP contribution is -2.52. The monoisotopic (exact) mass is 332 g/mol. The predicted octanol–water partition coefficient (Wildman–Crippen LogP) is -2.01. The fourth-order valence-electron chi connectivity index (χ4n) is 1.60. The summed E-state index contributed by atoms with van der Waals surface area (Å²) in [7, 11) is 0. The number of carboxylic acids is 2. The number of hydrogen-bond donors (Lipinski definition) is 6. The van der Waals surface area contributed by atoms with Crippen LogP contribution in [0.2, 0.25) is 0 Å². The van der Waals surface area contributed by atoms with E-state index in [9.17, 15) is 19.2 Å². The molecule has 2 amide bonds. The molecule has 0 radical (unpaired) electrons. The first kappa shape index (κ1) is 20.8. The molecule has 0 aromatic carbocycles. The van der Waals surface area contributed by atoms with E-state index in [0.29, 0.717) is 6.42 Å². The first-order valence-corrected chi connectivity index (χ1v) is 7.13. The highest BCUT2D eigenvalue weighted by molar-refractivity contribution is 5.91. The van der Waals surface area contributed by atoms with E-state index in [4.69, 9.17) is 21.7 Å². The topological polar surface area (TPSA) is 185 Å². The van der Waals surface area contributed by atoms with Crippen molar-refractivity contribution in [3.05, 3.63) is 0 Å². The summed E-state index contributed by atoms with van der Waals surface area (Å²) < 4.78 is 0. The third-order valence-corrected chi connectivity index (χ3v) is 3.17. The molecular formula is C13H24N4O6. The maximum absolute atomic E-state index is 11.8. The van der Waals surface area contributed by atoms with Gasteiger partial charge in [-0.3, -0.25) is 19.2 Å². The summed E-state index contributed by atoms with van der Waals surface area (Å²) in [5.74, 6) is -3.54. The Labute approximate surface area is 133 Å². The largest absolute Gasteiger partial charge is 0.480 e. The molecule has 10 nitrogen and oxygen atoms in total. The lowest BCUT2D eigenvalue weighted by molar-refractivity contribution is -0.141. The summed E-state index contributed by atoms with van der Waals surface area (Å²) in [5.41, 5.74) is 11.0. The van der Waals surface area contributed by atoms with Crippen LogP contribution in [0.15, 0.2) is 0 Å². The number of nitrogens with two attached hydrogens (primary N) is 2. The van der Waals surface area contributed by atoms with E-state index in [1.807, 2.05) is 0 Å². The molecule has 0 rings (SSSR count). The molecule has 4 atom stereocenters. The van der Waals surface area contributed by atoms with E-state index < -0.39 is 47.9 Å². The van der Waals surface area contributed by atoms with Gasteiger partial charge in [0, 0.05) is 0 Å². The molecule has 132 valence electrons. The zero-order chi connectivity index (χ0) is 18.2. The Morgan fingerprint density at radius 3 is 1.78 bits per heavy atom. The molecule has 0 saturated carbocycles. The van der Waals surface area contributed by atoms with Gasteiger partial charge in [-0.05, 0) is 33.1 Å². The van der Waals surface area contributed by atoms with E-state index in [0.717, 1.165) is 0 Å². The molecule has 23 heavy (non-hydrogen) atoms. The zero-order valence-corrected chi connectivity index (χ0v) is 13.1. The van der Waals surface area contributed by atoms with Crippen LogP contribution in [0, 0.1) is 0 Å². The summed E-state index contributed by atoms with van der Waals surface area (Å²) in [6.07, 6.45) is 0.744. The van der Waals surface area contributed by atoms with Gasteiger partial charge in [-0.15, -0.1) is 0 Å². The van der Waals surface area contributed by atoms with Crippen molar-refractivity contribution in [2.24, 2.45) is 11.5 Å². The van der Waals surface area contributed by atoms with E-state index in [-0.39, 0.29) is 12.8 Å². The number of carbonyl (C=O) groups excluding carboxylic acids is 2. The molecule has 0 aromatic heterocycles. The molecular weight excluding hydrogens is 308 g/mol. The Kier molecular flexibility index (Phi) is 8.81. The second-order valence-electron chi connectivity index (χ2n) is 5.28. The van der Waals surface area contributed by atoms with Gasteiger partial charge in [-0.2, -0.15) is 0 Å². The minimum atomic E-state index is -1.19. The number of rotatable bonds is 10. The Hall–Kier alpha value is -2.20. The second-order valence-corrected chi connectivity index (χ2v) is 5.28. The number of aliphatic carboxylic acids is 2. The van der Waals surface area contributed by atoms with E-state index in [1.54, 1.807) is 0 Å². The van der Waals surface area contributed by atoms with Gasteiger partial charge in [0.05, 0.1) is 6.04 Å². The van der Waals surface area contributed by atoms with Gasteiger partial charge in [-0.1, -0.05) is 0 Å². The Morgan fingerprint density at radius 1 is 0.826 bits per heavy atom. The Bertz CT molecular complexity index is 456. The lowest BCUT2D eigenvalue weighted by atomic mass is 10.1. The minimum absolute atomic E-state index is 0.183. The molecule has 0 unspecified atom stereocenters. The second kappa shape index (κ2) is 9.74. The summed E-state index contributed by atoms with van der Waals surface area (Å²) in [6.45, 7) is 2.70. The summed E-state index contributed by atoms with van der Waals surface area (Å²) in [5, 5.41) is 21.9. The third-order valence-electron chi connectivity index (χ3n) is 3.17. The number of hydrogen-bond acceptors (Lipinski definition) is 6. The maximum atomic E-state index is 11.8. The summed E-state index contributed by atoms with van der Waals surface area (Å²) in [6, 6.07) is -3.94. The van der Waals surface area contributed by atoms with Crippen LogP contribution < -0.4 is 22.1 Å². The van der Waals surface area contributed by atoms with Crippen molar-refractivity contribution in [1.82, 2.24) is 10.6 Å². The highest BCUT2D eigenvalue weighted by Crippen LogP contribution is 2.02. The van der Waals surface area contributed by atoms with Gasteiger partial charge >= 0.3 is 11.9 Å². The van der Waals surface area contributed by atoms with E-state index >= 15 is 0 Å². The van der Waals surface area contributed by atoms with Crippen molar-refractivity contribution >= 4 is 23.8 Å². The van der Waals surface area contributed by atoms with Gasteiger partial charge in [0.1, 0.15) is 18.1 Å². The number of amides is 2. The first-order chi connectivity index (χ1) is 10.6. The predicted molar refractivity (Wildman–Crippen MR) is 80.3 cm³/mol. The number of carbonyl (C=O) groups is 4. The molecule has 0 aliphatic rings. The average Bonchev–Trinajstić information content (AvgIpc) is 2.46. The molecule has 8 N–H and O–H groups in total. The van der Waals surface area contributed by atoms with Crippen molar-refractivity contribution in [3.63, 3.8) is 0 Å². The average molecular weight is 332 g/mol. The summed E-state index contributed by atoms with van der Waals surface area (Å²) >= 11 is 0. The van der Waals surface area contributed by atoms with Gasteiger partial charge < -0.3 is 32.3 Å². The van der Waals surface area contributed by atoms with Crippen LogP contribution >= 0.6 is 0 Å². The van der Waals surface area contributed by atoms with Crippen molar-refractivity contribution in [1.29, 1.82) is 0 Å². The van der Waals surface area contributed by atoms with Crippen molar-refractivity contribution in [3.8, 4) is 0 Å². The van der Waals surface area contributed by atoms with Crippen LogP contribution in [0.1, 0.15) is 33.1 Å². The van der Waals surface area contributed by atoms with Gasteiger partial charge in [0.15, 0.2) is 0 Å². The highest BCUT2D eigenvalue weighted by Gasteiger charge is 2.23. The smallest absolute Gasteiger partial charge is 0.325 e. The molecule has 0 spiro atoms. The quantitative estimate of drug-likeness (QED) is 0.265.